The van der Waals surface area contributed by atoms with E-state index in [0.29, 0.717) is 4.88 Å². The molecular weight excluding hydrogens is 287 g/mol. The average Bonchev–Trinajstić information content (AvgIpc) is 2.80. The highest BCUT2D eigenvalue weighted by atomic mass is 32.1. The van der Waals surface area contributed by atoms with E-state index in [9.17, 15) is 27.1 Å². The van der Waals surface area contributed by atoms with Gasteiger partial charge in [0.15, 0.2) is 23.3 Å². The SMILES string of the molecule is Cc1sccc1C(O)c1c(F)c(F)c(F)c(F)c1F. The monoisotopic (exact) mass is 294 g/mol. The summed E-state index contributed by atoms with van der Waals surface area (Å²) in [6.07, 6.45) is -1.91. The molecule has 0 radical (unpaired) electrons. The molecule has 1 atom stereocenters. The van der Waals surface area contributed by atoms with E-state index in [1.54, 1.807) is 12.3 Å². The van der Waals surface area contributed by atoms with Gasteiger partial charge in [-0.1, -0.05) is 0 Å². The summed E-state index contributed by atoms with van der Waals surface area (Å²) in [6, 6.07) is 1.36. The lowest BCUT2D eigenvalue weighted by atomic mass is 10.0. The number of aliphatic hydroxyl groups excluding tert-OH is 1. The molecule has 0 saturated carbocycles. The zero-order chi connectivity index (χ0) is 14.3. The molecule has 1 aromatic heterocycles. The number of aliphatic hydroxyl groups is 1. The summed E-state index contributed by atoms with van der Waals surface area (Å²) in [5.74, 6) is -10.4. The summed E-state index contributed by atoms with van der Waals surface area (Å²) >= 11 is 1.18. The van der Waals surface area contributed by atoms with Crippen molar-refractivity contribution >= 4 is 11.3 Å². The summed E-state index contributed by atoms with van der Waals surface area (Å²) in [5, 5.41) is 11.4. The molecule has 7 heteroatoms. The largest absolute Gasteiger partial charge is 0.383 e. The number of hydrogen-bond acceptors (Lipinski definition) is 2. The van der Waals surface area contributed by atoms with Crippen LogP contribution in [-0.2, 0) is 0 Å². The van der Waals surface area contributed by atoms with E-state index >= 15 is 0 Å². The van der Waals surface area contributed by atoms with Gasteiger partial charge in [0.1, 0.15) is 6.10 Å². The van der Waals surface area contributed by atoms with E-state index in [1.807, 2.05) is 0 Å². The molecule has 0 spiro atoms. The molecule has 0 aliphatic carbocycles. The van der Waals surface area contributed by atoms with Crippen molar-refractivity contribution in [1.82, 2.24) is 0 Å². The van der Waals surface area contributed by atoms with Crippen LogP contribution in [0.25, 0.3) is 0 Å². The van der Waals surface area contributed by atoms with E-state index in [0.717, 1.165) is 0 Å². The molecule has 1 N–H and O–H groups in total. The normalized spacial score (nSPS) is 12.8. The fourth-order valence-electron chi connectivity index (χ4n) is 1.70. The molecule has 0 amide bonds. The predicted octanol–water partition coefficient (Wildman–Crippen LogP) is 3.83. The van der Waals surface area contributed by atoms with Crippen LogP contribution in [0.15, 0.2) is 11.4 Å². The second-order valence-electron chi connectivity index (χ2n) is 3.82. The molecule has 0 fully saturated rings. The van der Waals surface area contributed by atoms with Crippen molar-refractivity contribution in [2.24, 2.45) is 0 Å². The second-order valence-corrected chi connectivity index (χ2v) is 4.94. The highest BCUT2D eigenvalue weighted by molar-refractivity contribution is 7.10. The molecule has 19 heavy (non-hydrogen) atoms. The van der Waals surface area contributed by atoms with Gasteiger partial charge in [-0.05, 0) is 23.9 Å². The van der Waals surface area contributed by atoms with Gasteiger partial charge in [-0.3, -0.25) is 0 Å². The molecule has 1 unspecified atom stereocenters. The van der Waals surface area contributed by atoms with Gasteiger partial charge in [-0.2, -0.15) is 0 Å². The fourth-order valence-corrected chi connectivity index (χ4v) is 2.43. The van der Waals surface area contributed by atoms with E-state index in [-0.39, 0.29) is 5.56 Å². The van der Waals surface area contributed by atoms with Crippen LogP contribution in [0.2, 0.25) is 0 Å². The van der Waals surface area contributed by atoms with Gasteiger partial charge >= 0.3 is 0 Å². The highest BCUT2D eigenvalue weighted by Crippen LogP contribution is 2.33. The Kier molecular flexibility index (Phi) is 3.60. The number of aryl methyl sites for hydroxylation is 1. The van der Waals surface area contributed by atoms with E-state index < -0.39 is 40.8 Å². The molecule has 0 bridgehead atoms. The number of benzene rings is 1. The number of hydrogen-bond donors (Lipinski definition) is 1. The Bertz CT molecular complexity index is 608. The Morgan fingerprint density at radius 1 is 0.947 bits per heavy atom. The van der Waals surface area contributed by atoms with Crippen molar-refractivity contribution in [3.8, 4) is 0 Å². The lowest BCUT2D eigenvalue weighted by Gasteiger charge is -2.14. The second kappa shape index (κ2) is 4.90. The predicted molar refractivity (Wildman–Crippen MR) is 59.3 cm³/mol. The van der Waals surface area contributed by atoms with Gasteiger partial charge in [0, 0.05) is 4.88 Å². The molecular formula is C12H7F5OS. The third-order valence-corrected chi connectivity index (χ3v) is 3.57. The number of rotatable bonds is 2. The topological polar surface area (TPSA) is 20.2 Å². The van der Waals surface area contributed by atoms with Crippen molar-refractivity contribution in [3.05, 3.63) is 56.5 Å². The minimum Gasteiger partial charge on any atom is -0.383 e. The van der Waals surface area contributed by atoms with Gasteiger partial charge in [0.25, 0.3) is 0 Å². The molecule has 0 saturated heterocycles. The Balaban J connectivity index is 2.67. The highest BCUT2D eigenvalue weighted by Gasteiger charge is 2.30. The summed E-state index contributed by atoms with van der Waals surface area (Å²) in [5.41, 5.74) is -1.13. The maximum Gasteiger partial charge on any atom is 0.200 e. The molecule has 2 aromatic rings. The van der Waals surface area contributed by atoms with Gasteiger partial charge < -0.3 is 5.11 Å². The number of thiophene rings is 1. The van der Waals surface area contributed by atoms with Crippen molar-refractivity contribution in [1.29, 1.82) is 0 Å². The van der Waals surface area contributed by atoms with Gasteiger partial charge in [0.05, 0.1) is 5.56 Å². The van der Waals surface area contributed by atoms with E-state index in [4.69, 9.17) is 0 Å². The van der Waals surface area contributed by atoms with Crippen LogP contribution >= 0.6 is 11.3 Å². The first-order chi connectivity index (χ1) is 8.86. The Morgan fingerprint density at radius 3 is 1.84 bits per heavy atom. The molecule has 0 aliphatic rings. The van der Waals surface area contributed by atoms with Crippen molar-refractivity contribution < 1.29 is 27.1 Å². The Hall–Kier alpha value is -1.47. The zero-order valence-electron chi connectivity index (χ0n) is 9.48. The zero-order valence-corrected chi connectivity index (χ0v) is 10.3. The lowest BCUT2D eigenvalue weighted by Crippen LogP contribution is -2.12. The average molecular weight is 294 g/mol. The summed E-state index contributed by atoms with van der Waals surface area (Å²) < 4.78 is 65.9. The van der Waals surface area contributed by atoms with Crippen LogP contribution in [0, 0.1) is 36.0 Å². The van der Waals surface area contributed by atoms with Gasteiger partial charge in [-0.25, -0.2) is 22.0 Å². The minimum atomic E-state index is -2.24. The smallest absolute Gasteiger partial charge is 0.200 e. The van der Waals surface area contributed by atoms with Crippen molar-refractivity contribution in [2.75, 3.05) is 0 Å². The van der Waals surface area contributed by atoms with Crippen LogP contribution in [0.3, 0.4) is 0 Å². The molecule has 1 nitrogen and oxygen atoms in total. The first-order valence-electron chi connectivity index (χ1n) is 5.09. The molecule has 1 aromatic carbocycles. The van der Waals surface area contributed by atoms with Crippen LogP contribution < -0.4 is 0 Å². The molecule has 2 rings (SSSR count). The van der Waals surface area contributed by atoms with E-state index in [2.05, 4.69) is 0 Å². The van der Waals surface area contributed by atoms with Crippen molar-refractivity contribution in [3.63, 3.8) is 0 Å². The van der Waals surface area contributed by atoms with E-state index in [1.165, 1.54) is 17.4 Å². The lowest BCUT2D eigenvalue weighted by molar-refractivity contribution is 0.202. The first kappa shape index (κ1) is 14.0. The number of halogens is 5. The molecule has 0 aliphatic heterocycles. The van der Waals surface area contributed by atoms with Gasteiger partial charge in [-0.15, -0.1) is 11.3 Å². The summed E-state index contributed by atoms with van der Waals surface area (Å²) in [6.45, 7) is 1.56. The van der Waals surface area contributed by atoms with Crippen LogP contribution in [0.5, 0.6) is 0 Å². The van der Waals surface area contributed by atoms with Crippen LogP contribution in [0.1, 0.15) is 22.1 Å². The van der Waals surface area contributed by atoms with Gasteiger partial charge in [0.2, 0.25) is 5.82 Å². The first-order valence-corrected chi connectivity index (χ1v) is 5.97. The quantitative estimate of drug-likeness (QED) is 0.507. The van der Waals surface area contributed by atoms with Crippen molar-refractivity contribution in [2.45, 2.75) is 13.0 Å². The fraction of sp³-hybridized carbons (Fsp3) is 0.167. The third-order valence-electron chi connectivity index (χ3n) is 2.71. The standard InChI is InChI=1S/C12H7F5OS/c1-4-5(2-3-19-4)12(18)6-7(13)9(15)11(17)10(16)8(6)14/h2-3,12,18H,1H3. The summed E-state index contributed by atoms with van der Waals surface area (Å²) in [7, 11) is 0. The minimum absolute atomic E-state index is 0.105. The summed E-state index contributed by atoms with van der Waals surface area (Å²) in [4.78, 5) is 0.524. The Morgan fingerprint density at radius 2 is 1.42 bits per heavy atom. The third kappa shape index (κ3) is 2.12. The van der Waals surface area contributed by atoms with Crippen LogP contribution in [-0.4, -0.2) is 5.11 Å². The van der Waals surface area contributed by atoms with Crippen LogP contribution in [0.4, 0.5) is 22.0 Å². The molecule has 102 valence electrons. The molecule has 1 heterocycles. The maximum atomic E-state index is 13.5. The maximum absolute atomic E-state index is 13.5. The Labute approximate surface area is 108 Å².